The summed E-state index contributed by atoms with van der Waals surface area (Å²) in [5, 5.41) is 26.2. The number of benzene rings is 2. The highest BCUT2D eigenvalue weighted by atomic mass is 32.2. The highest BCUT2D eigenvalue weighted by Gasteiger charge is 2.50. The number of carbonyl (C=O) groups excluding carboxylic acids is 1. The van der Waals surface area contributed by atoms with Crippen LogP contribution in [-0.4, -0.2) is 88.6 Å². The smallest absolute Gasteiger partial charge is 0.312 e. The summed E-state index contributed by atoms with van der Waals surface area (Å²) in [5.74, 6) is 0.999. The Hall–Kier alpha value is -5.58. The summed E-state index contributed by atoms with van der Waals surface area (Å²) in [4.78, 5) is 41.5. The number of aliphatic hydroxyl groups is 1. The molecule has 0 unspecified atom stereocenters. The number of hydrogen-bond donors (Lipinski definition) is 4. The summed E-state index contributed by atoms with van der Waals surface area (Å²) in [6, 6.07) is 19.5. The van der Waals surface area contributed by atoms with Gasteiger partial charge in [-0.1, -0.05) is 30.7 Å². The minimum Gasteiger partial charge on any atom is -0.455 e. The maximum atomic E-state index is 14.0. The SMILES string of the molecule is CC1(O)CCC(CNc2ncc(S(=O)(=O)NC(=O)c3ccc(N4CCC5(CC4)CN([C@@H]4CCC[C@H]4c4ccccc4C4CC4)C5)cc3Oc3cnc4[nH]ccc4c3)cc2[N+](=O)[O-])CC1. The van der Waals surface area contributed by atoms with Crippen molar-refractivity contribution in [1.29, 1.82) is 0 Å². The number of pyridine rings is 2. The van der Waals surface area contributed by atoms with E-state index in [0.29, 0.717) is 42.7 Å². The van der Waals surface area contributed by atoms with Gasteiger partial charge < -0.3 is 25.0 Å². The molecule has 16 heteroatoms. The van der Waals surface area contributed by atoms with E-state index in [1.165, 1.54) is 38.3 Å². The third-order valence-electron chi connectivity index (χ3n) is 14.8. The topological polar surface area (TPSA) is 196 Å². The lowest BCUT2D eigenvalue weighted by Crippen LogP contribution is -2.63. The van der Waals surface area contributed by atoms with Crippen LogP contribution in [0.3, 0.4) is 0 Å². The Morgan fingerprint density at radius 1 is 0.953 bits per heavy atom. The van der Waals surface area contributed by atoms with Gasteiger partial charge in [-0.2, -0.15) is 0 Å². The van der Waals surface area contributed by atoms with Crippen molar-refractivity contribution < 1.29 is 28.0 Å². The fourth-order valence-electron chi connectivity index (χ4n) is 10.9. The van der Waals surface area contributed by atoms with Gasteiger partial charge in [0.1, 0.15) is 22.0 Å². The van der Waals surface area contributed by atoms with Crippen LogP contribution in [-0.2, 0) is 10.0 Å². The molecule has 336 valence electrons. The lowest BCUT2D eigenvalue weighted by molar-refractivity contribution is -0.384. The van der Waals surface area contributed by atoms with Gasteiger partial charge in [0.05, 0.1) is 28.5 Å². The van der Waals surface area contributed by atoms with Gasteiger partial charge in [0.15, 0.2) is 0 Å². The number of nitro groups is 1. The molecule has 2 aliphatic heterocycles. The van der Waals surface area contributed by atoms with E-state index in [-0.39, 0.29) is 28.5 Å². The molecule has 64 heavy (non-hydrogen) atoms. The molecule has 1 spiro atoms. The van der Waals surface area contributed by atoms with Crippen molar-refractivity contribution in [2.45, 2.75) is 106 Å². The van der Waals surface area contributed by atoms with E-state index in [9.17, 15) is 28.4 Å². The van der Waals surface area contributed by atoms with Gasteiger partial charge >= 0.3 is 5.69 Å². The molecule has 10 rings (SSSR count). The first-order valence-electron chi connectivity index (χ1n) is 22.8. The molecule has 3 saturated carbocycles. The molecule has 5 heterocycles. The Bertz CT molecular complexity index is 2670. The number of H-pyrrole nitrogens is 1. The molecule has 1 amide bonds. The molecular formula is C48H56N8O7S. The van der Waals surface area contributed by atoms with Crippen LogP contribution in [0.25, 0.3) is 11.0 Å². The number of rotatable bonds is 13. The minimum atomic E-state index is -4.62. The maximum absolute atomic E-state index is 14.0. The number of likely N-dealkylation sites (tertiary alicyclic amines) is 1. The van der Waals surface area contributed by atoms with Crippen molar-refractivity contribution in [1.82, 2.24) is 24.6 Å². The lowest BCUT2D eigenvalue weighted by Gasteiger charge is -2.57. The van der Waals surface area contributed by atoms with Gasteiger partial charge in [-0.25, -0.2) is 23.1 Å². The van der Waals surface area contributed by atoms with E-state index in [2.05, 4.69) is 59.1 Å². The fraction of sp³-hybridized carbons (Fsp3) is 0.479. The van der Waals surface area contributed by atoms with Gasteiger partial charge in [0.25, 0.3) is 15.9 Å². The van der Waals surface area contributed by atoms with Crippen molar-refractivity contribution in [3.8, 4) is 11.5 Å². The number of nitrogens with one attached hydrogen (secondary N) is 3. The van der Waals surface area contributed by atoms with Crippen LogP contribution in [0.2, 0.25) is 0 Å². The predicted molar refractivity (Wildman–Crippen MR) is 243 cm³/mol. The van der Waals surface area contributed by atoms with Crippen LogP contribution < -0.4 is 19.7 Å². The molecule has 5 aromatic rings. The van der Waals surface area contributed by atoms with Crippen molar-refractivity contribution in [3.63, 3.8) is 0 Å². The van der Waals surface area contributed by atoms with Gasteiger partial charge in [0.2, 0.25) is 5.82 Å². The Balaban J connectivity index is 0.833. The third-order valence-corrected chi connectivity index (χ3v) is 16.1. The predicted octanol–water partition coefficient (Wildman–Crippen LogP) is 8.25. The molecule has 5 fully saturated rings. The van der Waals surface area contributed by atoms with Gasteiger partial charge in [-0.05, 0) is 130 Å². The first-order chi connectivity index (χ1) is 30.8. The van der Waals surface area contributed by atoms with Gasteiger partial charge in [-0.15, -0.1) is 0 Å². The lowest BCUT2D eigenvalue weighted by atomic mass is 9.70. The number of anilines is 2. The number of aromatic nitrogens is 3. The van der Waals surface area contributed by atoms with E-state index < -0.39 is 37.0 Å². The maximum Gasteiger partial charge on any atom is 0.312 e. The molecule has 3 aliphatic carbocycles. The molecule has 2 saturated heterocycles. The molecule has 5 aliphatic rings. The summed E-state index contributed by atoms with van der Waals surface area (Å²) < 4.78 is 35.8. The third kappa shape index (κ3) is 8.66. The Labute approximate surface area is 373 Å². The Kier molecular flexibility index (Phi) is 11.1. The van der Waals surface area contributed by atoms with Crippen LogP contribution in [0.1, 0.15) is 111 Å². The molecule has 2 atom stereocenters. The normalized spacial score (nSPS) is 24.7. The second kappa shape index (κ2) is 16.8. The quantitative estimate of drug-likeness (QED) is 0.0654. The number of ether oxygens (including phenoxy) is 1. The Morgan fingerprint density at radius 3 is 2.47 bits per heavy atom. The summed E-state index contributed by atoms with van der Waals surface area (Å²) in [6.45, 7) is 6.09. The average Bonchev–Trinajstić information content (AvgIpc) is 3.82. The number of aromatic amines is 1. The number of carbonyl (C=O) groups is 1. The van der Waals surface area contributed by atoms with Gasteiger partial charge in [-0.3, -0.25) is 19.8 Å². The van der Waals surface area contributed by atoms with Crippen LogP contribution in [0.15, 0.2) is 84.1 Å². The first-order valence-corrected chi connectivity index (χ1v) is 24.3. The van der Waals surface area contributed by atoms with E-state index >= 15 is 0 Å². The van der Waals surface area contributed by atoms with Crippen molar-refractivity contribution >= 4 is 44.2 Å². The first kappa shape index (κ1) is 42.4. The molecular weight excluding hydrogens is 833 g/mol. The van der Waals surface area contributed by atoms with Crippen molar-refractivity contribution in [2.24, 2.45) is 11.3 Å². The van der Waals surface area contributed by atoms with E-state index in [0.717, 1.165) is 81.1 Å². The second-order valence-corrected chi connectivity index (χ2v) is 21.0. The zero-order valence-electron chi connectivity index (χ0n) is 36.2. The highest BCUT2D eigenvalue weighted by Crippen LogP contribution is 2.51. The van der Waals surface area contributed by atoms with Gasteiger partial charge in [0, 0.05) is 68.2 Å². The number of fused-ring (bicyclic) bond motifs is 1. The van der Waals surface area contributed by atoms with Crippen LogP contribution in [0.4, 0.5) is 17.2 Å². The minimum absolute atomic E-state index is 0.0359. The molecule has 0 bridgehead atoms. The molecule has 4 N–H and O–H groups in total. The summed E-state index contributed by atoms with van der Waals surface area (Å²) >= 11 is 0. The zero-order valence-corrected chi connectivity index (χ0v) is 37.0. The number of sulfonamides is 1. The van der Waals surface area contributed by atoms with E-state index in [4.69, 9.17) is 4.74 Å². The number of hydrogen-bond acceptors (Lipinski definition) is 12. The monoisotopic (exact) mass is 888 g/mol. The number of piperidine rings is 1. The number of nitrogens with zero attached hydrogens (tertiary/aromatic N) is 5. The van der Waals surface area contributed by atoms with E-state index in [1.807, 2.05) is 12.1 Å². The highest BCUT2D eigenvalue weighted by molar-refractivity contribution is 7.90. The molecule has 2 aromatic carbocycles. The van der Waals surface area contributed by atoms with Crippen LogP contribution >= 0.6 is 0 Å². The average molecular weight is 889 g/mol. The molecule has 0 radical (unpaired) electrons. The summed E-state index contributed by atoms with van der Waals surface area (Å²) in [6.07, 6.45) is 15.6. The second-order valence-electron chi connectivity index (χ2n) is 19.3. The van der Waals surface area contributed by atoms with Crippen molar-refractivity contribution in [2.75, 3.05) is 42.9 Å². The van der Waals surface area contributed by atoms with Crippen LogP contribution in [0, 0.1) is 21.4 Å². The van der Waals surface area contributed by atoms with Crippen LogP contribution in [0.5, 0.6) is 11.5 Å². The Morgan fingerprint density at radius 2 is 1.72 bits per heavy atom. The number of amides is 1. The van der Waals surface area contributed by atoms with Crippen molar-refractivity contribution in [3.05, 3.63) is 106 Å². The summed E-state index contributed by atoms with van der Waals surface area (Å²) in [5.41, 5.74) is 3.68. The fourth-order valence-corrected chi connectivity index (χ4v) is 11.8. The molecule has 15 nitrogen and oxygen atoms in total. The largest absolute Gasteiger partial charge is 0.455 e. The zero-order chi connectivity index (χ0) is 44.2. The molecule has 3 aromatic heterocycles. The summed E-state index contributed by atoms with van der Waals surface area (Å²) in [7, 11) is -4.62. The standard InChI is InChI=1S/C48H56N8O7S/c1-47(58)16-13-31(14-17-47)26-50-45-42(56(59)60)25-36(28-52-45)64(61,62)53-46(57)40-12-11-34(24-43(40)63-35-23-33-15-20-49-44(33)51-27-35)54-21-18-48(19-22-54)29-55(30-48)41-8-4-7-39(41)38-6-3-2-5-37(38)32-9-10-32/h2-3,5-6,11-12,15,20,23-25,27-28,31-32,39,41,58H,4,7-10,13-14,16-19,21-22,26,29-30H2,1H3,(H,49,51)(H,50,52)(H,53,57)/t31?,39-,41+,47?/m0/s1. The van der Waals surface area contributed by atoms with E-state index in [1.54, 1.807) is 42.4 Å².